The lowest BCUT2D eigenvalue weighted by molar-refractivity contribution is -0.141. The number of carbonyl (C=O) groups excluding carboxylic acids is 3. The van der Waals surface area contributed by atoms with Crippen LogP contribution >= 0.6 is 12.6 Å². The second-order valence-electron chi connectivity index (χ2n) is 8.57. The number of alkyl carbamates (subject to hydrolysis) is 1. The third-order valence-electron chi connectivity index (χ3n) is 4.75. The third-order valence-corrected chi connectivity index (χ3v) is 5.11. The van der Waals surface area contributed by atoms with Crippen molar-refractivity contribution in [3.63, 3.8) is 0 Å². The molecule has 1 aromatic rings. The van der Waals surface area contributed by atoms with E-state index in [0.717, 1.165) is 12.8 Å². The van der Waals surface area contributed by atoms with Crippen molar-refractivity contribution >= 4 is 30.5 Å². The van der Waals surface area contributed by atoms with E-state index in [0.29, 0.717) is 17.7 Å². The van der Waals surface area contributed by atoms with E-state index < -0.39 is 35.6 Å². The number of para-hydroxylation sites is 1. The standard InChI is InChI=1S/C23H37N3O5S/c1-7-9-13-24-20(28)18(16-12-10-11-15(3)19(16)27)26(8-2)21(29)17(14-32)25-22(30)31-23(4,5)6/h10-12,17-18,27,32H,7-9,13-14H2,1-6H3,(H,24,28)(H,25,30). The average Bonchev–Trinajstić information content (AvgIpc) is 2.71. The summed E-state index contributed by atoms with van der Waals surface area (Å²) in [7, 11) is 0. The van der Waals surface area contributed by atoms with Crippen LogP contribution in [0.1, 0.15) is 64.6 Å². The SMILES string of the molecule is CCCCNC(=O)C(c1cccc(C)c1O)N(CC)C(=O)C(CS)NC(=O)OC(C)(C)C. The van der Waals surface area contributed by atoms with Gasteiger partial charge in [-0.15, -0.1) is 0 Å². The van der Waals surface area contributed by atoms with Crippen molar-refractivity contribution in [3.8, 4) is 5.75 Å². The van der Waals surface area contributed by atoms with Crippen LogP contribution in [0.25, 0.3) is 0 Å². The lowest BCUT2D eigenvalue weighted by Gasteiger charge is -2.33. The fourth-order valence-corrected chi connectivity index (χ4v) is 3.39. The summed E-state index contributed by atoms with van der Waals surface area (Å²) in [6.45, 7) is 11.3. The molecule has 2 unspecified atom stereocenters. The highest BCUT2D eigenvalue weighted by Crippen LogP contribution is 2.32. The van der Waals surface area contributed by atoms with Crippen molar-refractivity contribution < 1.29 is 24.2 Å². The van der Waals surface area contributed by atoms with Gasteiger partial charge in [-0.25, -0.2) is 4.79 Å². The molecule has 0 aliphatic rings. The number of nitrogens with zero attached hydrogens (tertiary/aromatic N) is 1. The maximum absolute atomic E-state index is 13.4. The van der Waals surface area contributed by atoms with Gasteiger partial charge in [-0.3, -0.25) is 9.59 Å². The number of unbranched alkanes of at least 4 members (excludes halogenated alkanes) is 1. The zero-order valence-corrected chi connectivity index (χ0v) is 20.8. The van der Waals surface area contributed by atoms with E-state index in [2.05, 4.69) is 23.3 Å². The molecule has 0 bridgehead atoms. The molecule has 9 heteroatoms. The van der Waals surface area contributed by atoms with Gasteiger partial charge in [-0.1, -0.05) is 31.5 Å². The van der Waals surface area contributed by atoms with E-state index in [1.165, 1.54) is 4.90 Å². The van der Waals surface area contributed by atoms with Gasteiger partial charge in [-0.2, -0.15) is 12.6 Å². The number of hydrogen-bond donors (Lipinski definition) is 4. The van der Waals surface area contributed by atoms with Gasteiger partial charge in [-0.05, 0) is 46.6 Å². The molecule has 3 amide bonds. The summed E-state index contributed by atoms with van der Waals surface area (Å²) in [4.78, 5) is 40.1. The van der Waals surface area contributed by atoms with E-state index in [1.54, 1.807) is 52.8 Å². The van der Waals surface area contributed by atoms with Crippen molar-refractivity contribution in [1.29, 1.82) is 0 Å². The number of hydrogen-bond acceptors (Lipinski definition) is 6. The first kappa shape index (κ1) is 27.6. The van der Waals surface area contributed by atoms with Crippen LogP contribution in [0.15, 0.2) is 18.2 Å². The molecule has 0 saturated carbocycles. The second-order valence-corrected chi connectivity index (χ2v) is 8.93. The summed E-state index contributed by atoms with van der Waals surface area (Å²) < 4.78 is 5.25. The van der Waals surface area contributed by atoms with Crippen LogP contribution in [-0.2, 0) is 14.3 Å². The van der Waals surface area contributed by atoms with Crippen LogP contribution in [0, 0.1) is 6.92 Å². The van der Waals surface area contributed by atoms with Crippen LogP contribution in [0.5, 0.6) is 5.75 Å². The van der Waals surface area contributed by atoms with Crippen molar-refractivity contribution in [2.24, 2.45) is 0 Å². The number of aryl methyl sites for hydroxylation is 1. The Morgan fingerprint density at radius 3 is 2.41 bits per heavy atom. The molecule has 0 aromatic heterocycles. The number of likely N-dealkylation sites (N-methyl/N-ethyl adjacent to an activating group) is 1. The van der Waals surface area contributed by atoms with Crippen molar-refractivity contribution in [3.05, 3.63) is 29.3 Å². The predicted molar refractivity (Wildman–Crippen MR) is 128 cm³/mol. The highest BCUT2D eigenvalue weighted by Gasteiger charge is 2.36. The largest absolute Gasteiger partial charge is 0.507 e. The molecule has 0 radical (unpaired) electrons. The molecule has 0 fully saturated rings. The average molecular weight is 468 g/mol. The summed E-state index contributed by atoms with van der Waals surface area (Å²) in [5.41, 5.74) is 0.188. The lowest BCUT2D eigenvalue weighted by atomic mass is 9.99. The van der Waals surface area contributed by atoms with Gasteiger partial charge in [0.2, 0.25) is 11.8 Å². The Kier molecular flexibility index (Phi) is 10.9. The third kappa shape index (κ3) is 7.93. The Balaban J connectivity index is 3.28. The Morgan fingerprint density at radius 2 is 1.88 bits per heavy atom. The van der Waals surface area contributed by atoms with Gasteiger partial charge in [0.1, 0.15) is 23.4 Å². The summed E-state index contributed by atoms with van der Waals surface area (Å²) in [6, 6.07) is 3.01. The van der Waals surface area contributed by atoms with Gasteiger partial charge >= 0.3 is 6.09 Å². The number of phenolic OH excluding ortho intramolecular Hbond substituents is 1. The van der Waals surface area contributed by atoms with Crippen LogP contribution in [0.4, 0.5) is 4.79 Å². The Hall–Kier alpha value is -2.42. The number of thiol groups is 1. The smallest absolute Gasteiger partial charge is 0.408 e. The summed E-state index contributed by atoms with van der Waals surface area (Å²) in [5.74, 6) is -0.926. The Bertz CT molecular complexity index is 794. The monoisotopic (exact) mass is 467 g/mol. The van der Waals surface area contributed by atoms with Crippen LogP contribution in [-0.4, -0.2) is 58.4 Å². The summed E-state index contributed by atoms with van der Waals surface area (Å²) in [6.07, 6.45) is 0.944. The molecular formula is C23H37N3O5S. The summed E-state index contributed by atoms with van der Waals surface area (Å²) >= 11 is 4.22. The van der Waals surface area contributed by atoms with E-state index >= 15 is 0 Å². The molecule has 2 atom stereocenters. The highest BCUT2D eigenvalue weighted by atomic mass is 32.1. The number of ether oxygens (including phenoxy) is 1. The van der Waals surface area contributed by atoms with Crippen molar-refractivity contribution in [2.45, 2.75) is 72.1 Å². The Morgan fingerprint density at radius 1 is 1.22 bits per heavy atom. The molecule has 0 spiro atoms. The number of rotatable bonds is 10. The number of aromatic hydroxyl groups is 1. The van der Waals surface area contributed by atoms with E-state index in [1.807, 2.05) is 6.92 Å². The number of amides is 3. The molecule has 3 N–H and O–H groups in total. The summed E-state index contributed by atoms with van der Waals surface area (Å²) in [5, 5.41) is 16.1. The van der Waals surface area contributed by atoms with E-state index in [9.17, 15) is 19.5 Å². The quantitative estimate of drug-likeness (QED) is 0.312. The number of phenols is 1. The first-order valence-electron chi connectivity index (χ1n) is 10.9. The zero-order chi connectivity index (χ0) is 24.5. The van der Waals surface area contributed by atoms with Gasteiger partial charge in [0, 0.05) is 24.4 Å². The first-order chi connectivity index (χ1) is 15.0. The first-order valence-corrected chi connectivity index (χ1v) is 11.6. The van der Waals surface area contributed by atoms with Crippen molar-refractivity contribution in [2.75, 3.05) is 18.8 Å². The molecular weight excluding hydrogens is 430 g/mol. The normalized spacial score (nSPS) is 13.1. The zero-order valence-electron chi connectivity index (χ0n) is 19.9. The minimum Gasteiger partial charge on any atom is -0.507 e. The highest BCUT2D eigenvalue weighted by molar-refractivity contribution is 7.80. The molecule has 180 valence electrons. The molecule has 8 nitrogen and oxygen atoms in total. The van der Waals surface area contributed by atoms with Gasteiger partial charge in [0.05, 0.1) is 0 Å². The molecule has 0 saturated heterocycles. The van der Waals surface area contributed by atoms with Crippen molar-refractivity contribution in [1.82, 2.24) is 15.5 Å². The van der Waals surface area contributed by atoms with Crippen LogP contribution < -0.4 is 10.6 Å². The molecule has 1 rings (SSSR count). The number of carbonyl (C=O) groups is 3. The second kappa shape index (κ2) is 12.6. The predicted octanol–water partition coefficient (Wildman–Crippen LogP) is 3.33. The molecule has 0 aliphatic carbocycles. The maximum Gasteiger partial charge on any atom is 0.408 e. The number of benzene rings is 1. The molecule has 0 heterocycles. The van der Waals surface area contributed by atoms with E-state index in [4.69, 9.17) is 4.74 Å². The lowest BCUT2D eigenvalue weighted by Crippen LogP contribution is -2.53. The molecule has 32 heavy (non-hydrogen) atoms. The fourth-order valence-electron chi connectivity index (χ4n) is 3.14. The minimum absolute atomic E-state index is 0.0124. The van der Waals surface area contributed by atoms with Gasteiger partial charge in [0.15, 0.2) is 0 Å². The fraction of sp³-hybridized carbons (Fsp3) is 0.609. The van der Waals surface area contributed by atoms with Gasteiger partial charge < -0.3 is 25.4 Å². The molecule has 1 aromatic carbocycles. The topological polar surface area (TPSA) is 108 Å². The Labute approximate surface area is 196 Å². The minimum atomic E-state index is -1.06. The molecule has 0 aliphatic heterocycles. The van der Waals surface area contributed by atoms with Gasteiger partial charge in [0.25, 0.3) is 0 Å². The number of nitrogens with one attached hydrogen (secondary N) is 2. The maximum atomic E-state index is 13.4. The van der Waals surface area contributed by atoms with E-state index in [-0.39, 0.29) is 18.0 Å². The van der Waals surface area contributed by atoms with Crippen LogP contribution in [0.2, 0.25) is 0 Å². The van der Waals surface area contributed by atoms with Crippen LogP contribution in [0.3, 0.4) is 0 Å².